The molecule has 3 aromatic carbocycles. The number of nitro groups is 1. The summed E-state index contributed by atoms with van der Waals surface area (Å²) >= 11 is 0. The molecule has 28 heavy (non-hydrogen) atoms. The van der Waals surface area contributed by atoms with Gasteiger partial charge in [-0.1, -0.05) is 60.7 Å². The van der Waals surface area contributed by atoms with E-state index in [9.17, 15) is 14.9 Å². The normalized spacial score (nSPS) is 21.4. The molecule has 5 nitrogen and oxygen atoms in total. The zero-order valence-corrected chi connectivity index (χ0v) is 15.1. The number of ether oxygens (including phenoxy) is 1. The van der Waals surface area contributed by atoms with E-state index >= 15 is 0 Å². The van der Waals surface area contributed by atoms with Crippen LogP contribution in [0.1, 0.15) is 40.1 Å². The molecule has 0 aliphatic carbocycles. The molecule has 0 bridgehead atoms. The molecule has 1 heterocycles. The van der Waals surface area contributed by atoms with Gasteiger partial charge in [-0.3, -0.25) is 14.9 Å². The number of Topliss-reactive ketones (excluding diaryl/α,β-unsaturated/α-hetero) is 1. The van der Waals surface area contributed by atoms with E-state index in [1.165, 1.54) is 12.1 Å². The summed E-state index contributed by atoms with van der Waals surface area (Å²) in [6, 6.07) is 25.3. The Morgan fingerprint density at radius 2 is 1.46 bits per heavy atom. The van der Waals surface area contributed by atoms with Gasteiger partial charge in [0.05, 0.1) is 23.0 Å². The predicted octanol–water partition coefficient (Wildman–Crippen LogP) is 5.30. The number of nitrogens with zero attached hydrogens (tertiary/aromatic N) is 1. The highest BCUT2D eigenvalue weighted by Gasteiger charge is 2.41. The SMILES string of the molecule is O=C(c1ccccc1)C1CC(c2ccccc2)OC1c1ccc([N+](=O)[O-])cc1. The molecule has 1 aliphatic heterocycles. The standard InChI is InChI=1S/C23H19NO4/c25-22(17-9-5-2-6-10-17)20-15-21(16-7-3-1-4-8-16)28-23(20)18-11-13-19(14-12-18)24(26)27/h1-14,20-21,23H,15H2. The van der Waals surface area contributed by atoms with Gasteiger partial charge in [0.15, 0.2) is 5.78 Å². The van der Waals surface area contributed by atoms with Crippen molar-refractivity contribution in [2.45, 2.75) is 18.6 Å². The second-order valence-electron chi connectivity index (χ2n) is 6.88. The first kappa shape index (κ1) is 18.1. The van der Waals surface area contributed by atoms with Gasteiger partial charge in [0, 0.05) is 17.7 Å². The molecule has 1 aliphatic rings. The summed E-state index contributed by atoms with van der Waals surface area (Å²) in [7, 11) is 0. The van der Waals surface area contributed by atoms with Crippen LogP contribution in [0.25, 0.3) is 0 Å². The van der Waals surface area contributed by atoms with Gasteiger partial charge in [-0.2, -0.15) is 0 Å². The fourth-order valence-corrected chi connectivity index (χ4v) is 3.72. The zero-order chi connectivity index (χ0) is 19.5. The van der Waals surface area contributed by atoms with Gasteiger partial charge in [0.1, 0.15) is 0 Å². The van der Waals surface area contributed by atoms with Gasteiger partial charge >= 0.3 is 0 Å². The molecule has 0 saturated carbocycles. The van der Waals surface area contributed by atoms with E-state index in [4.69, 9.17) is 4.74 Å². The number of nitro benzene ring substituents is 1. The van der Waals surface area contributed by atoms with Crippen LogP contribution >= 0.6 is 0 Å². The number of rotatable bonds is 5. The largest absolute Gasteiger partial charge is 0.365 e. The molecule has 5 heteroatoms. The fraction of sp³-hybridized carbons (Fsp3) is 0.174. The highest BCUT2D eigenvalue weighted by Crippen LogP contribution is 2.46. The number of hydrogen-bond acceptors (Lipinski definition) is 4. The second-order valence-corrected chi connectivity index (χ2v) is 6.88. The zero-order valence-electron chi connectivity index (χ0n) is 15.1. The van der Waals surface area contributed by atoms with Crippen LogP contribution in [0.5, 0.6) is 0 Å². The quantitative estimate of drug-likeness (QED) is 0.346. The summed E-state index contributed by atoms with van der Waals surface area (Å²) < 4.78 is 6.30. The van der Waals surface area contributed by atoms with Crippen LogP contribution in [0.3, 0.4) is 0 Å². The molecule has 0 radical (unpaired) electrons. The Labute approximate surface area is 162 Å². The smallest absolute Gasteiger partial charge is 0.269 e. The van der Waals surface area contributed by atoms with Crippen molar-refractivity contribution >= 4 is 11.5 Å². The molecule has 0 aromatic heterocycles. The maximum atomic E-state index is 13.2. The van der Waals surface area contributed by atoms with Crippen molar-refractivity contribution in [1.29, 1.82) is 0 Å². The van der Waals surface area contributed by atoms with Crippen LogP contribution in [0, 0.1) is 16.0 Å². The molecule has 3 aromatic rings. The van der Waals surface area contributed by atoms with Gasteiger partial charge in [0.2, 0.25) is 0 Å². The molecule has 0 N–H and O–H groups in total. The Balaban J connectivity index is 1.67. The minimum Gasteiger partial charge on any atom is -0.365 e. The van der Waals surface area contributed by atoms with E-state index in [0.717, 1.165) is 11.1 Å². The highest BCUT2D eigenvalue weighted by molar-refractivity contribution is 5.98. The first-order chi connectivity index (χ1) is 13.6. The van der Waals surface area contributed by atoms with Gasteiger partial charge in [-0.15, -0.1) is 0 Å². The molecule has 4 rings (SSSR count). The molecule has 1 fully saturated rings. The van der Waals surface area contributed by atoms with E-state index in [1.54, 1.807) is 12.1 Å². The minimum atomic E-state index is -0.446. The maximum absolute atomic E-state index is 13.2. The van der Waals surface area contributed by atoms with Crippen molar-refractivity contribution in [2.75, 3.05) is 0 Å². The van der Waals surface area contributed by atoms with E-state index in [-0.39, 0.29) is 23.5 Å². The summed E-state index contributed by atoms with van der Waals surface area (Å²) in [5.41, 5.74) is 2.47. The van der Waals surface area contributed by atoms with Crippen molar-refractivity contribution in [2.24, 2.45) is 5.92 Å². The third-order valence-corrected chi connectivity index (χ3v) is 5.14. The van der Waals surface area contributed by atoms with E-state index in [2.05, 4.69) is 0 Å². The Bertz CT molecular complexity index is 971. The van der Waals surface area contributed by atoms with Crippen LogP contribution < -0.4 is 0 Å². The van der Waals surface area contributed by atoms with Crippen molar-refractivity contribution in [3.63, 3.8) is 0 Å². The number of benzene rings is 3. The van der Waals surface area contributed by atoms with Crippen LogP contribution in [0.2, 0.25) is 0 Å². The topological polar surface area (TPSA) is 69.4 Å². The van der Waals surface area contributed by atoms with Gasteiger partial charge < -0.3 is 4.74 Å². The lowest BCUT2D eigenvalue weighted by Crippen LogP contribution is -2.18. The molecular formula is C23H19NO4. The fourth-order valence-electron chi connectivity index (χ4n) is 3.72. The third-order valence-electron chi connectivity index (χ3n) is 5.14. The lowest BCUT2D eigenvalue weighted by molar-refractivity contribution is -0.384. The first-order valence-electron chi connectivity index (χ1n) is 9.17. The molecule has 0 amide bonds. The summed E-state index contributed by atoms with van der Waals surface area (Å²) in [5.74, 6) is -0.323. The van der Waals surface area contributed by atoms with Crippen LogP contribution in [-0.2, 0) is 4.74 Å². The number of non-ortho nitro benzene ring substituents is 1. The average molecular weight is 373 g/mol. The number of carbonyl (C=O) groups is 1. The molecule has 3 unspecified atom stereocenters. The van der Waals surface area contributed by atoms with Crippen molar-refractivity contribution in [1.82, 2.24) is 0 Å². The summed E-state index contributed by atoms with van der Waals surface area (Å²) in [5, 5.41) is 10.9. The van der Waals surface area contributed by atoms with Crippen LogP contribution in [0.15, 0.2) is 84.9 Å². The number of ketones is 1. The van der Waals surface area contributed by atoms with Crippen LogP contribution in [-0.4, -0.2) is 10.7 Å². The molecular weight excluding hydrogens is 354 g/mol. The second kappa shape index (κ2) is 7.74. The van der Waals surface area contributed by atoms with E-state index in [1.807, 2.05) is 60.7 Å². The molecule has 3 atom stereocenters. The Morgan fingerprint density at radius 1 is 0.857 bits per heavy atom. The monoisotopic (exact) mass is 373 g/mol. The Hall–Kier alpha value is -3.31. The molecule has 140 valence electrons. The van der Waals surface area contributed by atoms with E-state index in [0.29, 0.717) is 12.0 Å². The number of hydrogen-bond donors (Lipinski definition) is 0. The third kappa shape index (κ3) is 3.57. The van der Waals surface area contributed by atoms with E-state index < -0.39 is 11.0 Å². The number of carbonyl (C=O) groups excluding carboxylic acids is 1. The van der Waals surface area contributed by atoms with Gasteiger partial charge in [0.25, 0.3) is 5.69 Å². The first-order valence-corrected chi connectivity index (χ1v) is 9.17. The lowest BCUT2D eigenvalue weighted by atomic mass is 9.86. The summed E-state index contributed by atoms with van der Waals surface area (Å²) in [4.78, 5) is 23.7. The maximum Gasteiger partial charge on any atom is 0.269 e. The van der Waals surface area contributed by atoms with Gasteiger partial charge in [-0.25, -0.2) is 0 Å². The van der Waals surface area contributed by atoms with Crippen molar-refractivity contribution in [3.05, 3.63) is 112 Å². The predicted molar refractivity (Wildman–Crippen MR) is 105 cm³/mol. The Morgan fingerprint density at radius 3 is 2.07 bits per heavy atom. The molecule has 0 spiro atoms. The average Bonchev–Trinajstić information content (AvgIpc) is 3.20. The minimum absolute atomic E-state index is 0.0206. The van der Waals surface area contributed by atoms with Crippen LogP contribution in [0.4, 0.5) is 5.69 Å². The summed E-state index contributed by atoms with van der Waals surface area (Å²) in [6.45, 7) is 0. The highest BCUT2D eigenvalue weighted by atomic mass is 16.6. The van der Waals surface area contributed by atoms with Gasteiger partial charge in [-0.05, 0) is 29.7 Å². The molecule has 1 saturated heterocycles. The lowest BCUT2D eigenvalue weighted by Gasteiger charge is -2.18. The van der Waals surface area contributed by atoms with Crippen molar-refractivity contribution < 1.29 is 14.5 Å². The Kier molecular flexibility index (Phi) is 5.00. The summed E-state index contributed by atoms with van der Waals surface area (Å²) in [6.07, 6.45) is -0.0721. The van der Waals surface area contributed by atoms with Crippen molar-refractivity contribution in [3.8, 4) is 0 Å².